The number of nitrogens with one attached hydrogen (secondary N) is 1. The molecule has 6 heteroatoms. The molecule has 6 nitrogen and oxygen atoms in total. The smallest absolute Gasteiger partial charge is 0.256 e. The zero-order valence-electron chi connectivity index (χ0n) is 15.9. The van der Waals surface area contributed by atoms with Gasteiger partial charge < -0.3 is 0 Å². The topological polar surface area (TPSA) is 66.8 Å². The van der Waals surface area contributed by atoms with Crippen molar-refractivity contribution < 1.29 is 0 Å². The minimum atomic E-state index is 0.114. The highest BCUT2D eigenvalue weighted by molar-refractivity contribution is 5.27. The molecule has 26 heavy (non-hydrogen) atoms. The van der Waals surface area contributed by atoms with Crippen LogP contribution in [-0.2, 0) is 25.9 Å². The Hall–Kier alpha value is -1.95. The summed E-state index contributed by atoms with van der Waals surface area (Å²) < 4.78 is 1.80. The van der Waals surface area contributed by atoms with Gasteiger partial charge in [0.25, 0.3) is 5.56 Å². The van der Waals surface area contributed by atoms with Crippen LogP contribution >= 0.6 is 0 Å². The number of nitrogens with zero attached hydrogens (tertiary/aromatic N) is 4. The summed E-state index contributed by atoms with van der Waals surface area (Å²) >= 11 is 0. The molecule has 0 atom stereocenters. The lowest BCUT2D eigenvalue weighted by atomic mass is 9.94. The Balaban J connectivity index is 1.34. The van der Waals surface area contributed by atoms with E-state index in [9.17, 15) is 4.79 Å². The van der Waals surface area contributed by atoms with E-state index in [1.54, 1.807) is 10.9 Å². The van der Waals surface area contributed by atoms with Crippen LogP contribution in [0.1, 0.15) is 53.9 Å². The van der Waals surface area contributed by atoms with Crippen LogP contribution in [0.4, 0.5) is 0 Å². The zero-order chi connectivity index (χ0) is 18.1. The fourth-order valence-corrected chi connectivity index (χ4v) is 4.30. The summed E-state index contributed by atoms with van der Waals surface area (Å²) in [4.78, 5) is 19.2. The van der Waals surface area contributed by atoms with Crippen LogP contribution in [0, 0.1) is 19.8 Å². The van der Waals surface area contributed by atoms with Gasteiger partial charge in [0.15, 0.2) is 0 Å². The van der Waals surface area contributed by atoms with Crippen molar-refractivity contribution in [3.8, 4) is 0 Å². The van der Waals surface area contributed by atoms with Gasteiger partial charge in [-0.2, -0.15) is 5.10 Å². The summed E-state index contributed by atoms with van der Waals surface area (Å²) in [5.41, 5.74) is 5.82. The average molecular weight is 355 g/mol. The van der Waals surface area contributed by atoms with Gasteiger partial charge in [-0.05, 0) is 76.9 Å². The van der Waals surface area contributed by atoms with E-state index in [1.165, 1.54) is 36.2 Å². The maximum absolute atomic E-state index is 12.4. The predicted octanol–water partition coefficient (Wildman–Crippen LogP) is 2.37. The summed E-state index contributed by atoms with van der Waals surface area (Å²) in [5.74, 6) is 0.556. The second kappa shape index (κ2) is 7.35. The van der Waals surface area contributed by atoms with Crippen molar-refractivity contribution in [2.45, 2.75) is 65.5 Å². The molecule has 2 aliphatic rings. The first-order chi connectivity index (χ1) is 12.6. The van der Waals surface area contributed by atoms with E-state index in [0.717, 1.165) is 56.7 Å². The van der Waals surface area contributed by atoms with Crippen molar-refractivity contribution in [1.82, 2.24) is 24.6 Å². The first kappa shape index (κ1) is 17.5. The summed E-state index contributed by atoms with van der Waals surface area (Å²) in [7, 11) is 0. The second-order valence-corrected chi connectivity index (χ2v) is 7.97. The van der Waals surface area contributed by atoms with E-state index in [4.69, 9.17) is 0 Å². The Bertz CT molecular complexity index is 829. The highest BCUT2D eigenvalue weighted by atomic mass is 16.1. The molecule has 0 spiro atoms. The monoisotopic (exact) mass is 355 g/mol. The lowest BCUT2D eigenvalue weighted by Gasteiger charge is -2.32. The fourth-order valence-electron chi connectivity index (χ4n) is 4.30. The van der Waals surface area contributed by atoms with E-state index in [2.05, 4.69) is 20.1 Å². The number of aryl methyl sites for hydroxylation is 2. The number of fused-ring (bicyclic) bond motifs is 1. The van der Waals surface area contributed by atoms with Gasteiger partial charge in [-0.3, -0.25) is 19.4 Å². The third kappa shape index (κ3) is 3.47. The number of H-pyrrole nitrogens is 1. The first-order valence-electron chi connectivity index (χ1n) is 9.92. The molecule has 3 heterocycles. The molecule has 2 aromatic rings. The van der Waals surface area contributed by atoms with Crippen molar-refractivity contribution in [3.63, 3.8) is 0 Å². The SMILES string of the molecule is Cc1ncn(CC2CCN(Cc3n[nH]c4c3CCCC4)CC2)c(=O)c1C. The number of aromatic amines is 1. The van der Waals surface area contributed by atoms with E-state index < -0.39 is 0 Å². The Labute approximate surface area is 154 Å². The van der Waals surface area contributed by atoms with Gasteiger partial charge in [0.05, 0.1) is 12.0 Å². The molecule has 0 radical (unpaired) electrons. The quantitative estimate of drug-likeness (QED) is 0.914. The molecule has 1 aliphatic carbocycles. The van der Waals surface area contributed by atoms with Gasteiger partial charge in [-0.15, -0.1) is 0 Å². The Morgan fingerprint density at radius 2 is 1.96 bits per heavy atom. The number of piperidine rings is 1. The minimum Gasteiger partial charge on any atom is -0.299 e. The van der Waals surface area contributed by atoms with Crippen molar-refractivity contribution in [3.05, 3.63) is 44.9 Å². The highest BCUT2D eigenvalue weighted by Crippen LogP contribution is 2.25. The number of hydrogen-bond acceptors (Lipinski definition) is 4. The van der Waals surface area contributed by atoms with Crippen LogP contribution < -0.4 is 5.56 Å². The molecule has 1 saturated heterocycles. The Morgan fingerprint density at radius 3 is 2.77 bits per heavy atom. The number of aromatic nitrogens is 4. The maximum Gasteiger partial charge on any atom is 0.256 e. The summed E-state index contributed by atoms with van der Waals surface area (Å²) in [5, 5.41) is 7.84. The van der Waals surface area contributed by atoms with Gasteiger partial charge >= 0.3 is 0 Å². The van der Waals surface area contributed by atoms with Gasteiger partial charge in [0, 0.05) is 30.0 Å². The third-order valence-electron chi connectivity index (χ3n) is 6.19. The molecule has 0 aromatic carbocycles. The summed E-state index contributed by atoms with van der Waals surface area (Å²) in [6.45, 7) is 7.68. The van der Waals surface area contributed by atoms with Crippen LogP contribution in [-0.4, -0.2) is 37.7 Å². The van der Waals surface area contributed by atoms with E-state index in [0.29, 0.717) is 5.92 Å². The number of hydrogen-bond donors (Lipinski definition) is 1. The van der Waals surface area contributed by atoms with Crippen molar-refractivity contribution >= 4 is 0 Å². The number of likely N-dealkylation sites (tertiary alicyclic amines) is 1. The highest BCUT2D eigenvalue weighted by Gasteiger charge is 2.23. The molecule has 1 fully saturated rings. The predicted molar refractivity (Wildman–Crippen MR) is 101 cm³/mol. The van der Waals surface area contributed by atoms with Gasteiger partial charge in [0.2, 0.25) is 0 Å². The molecule has 0 unspecified atom stereocenters. The lowest BCUT2D eigenvalue weighted by molar-refractivity contribution is 0.164. The second-order valence-electron chi connectivity index (χ2n) is 7.97. The molecular weight excluding hydrogens is 326 g/mol. The van der Waals surface area contributed by atoms with Crippen LogP contribution in [0.2, 0.25) is 0 Å². The standard InChI is InChI=1S/C20H29N5O/c1-14-15(2)21-13-25(20(14)26)11-16-7-9-24(10-8-16)12-19-17-5-3-4-6-18(17)22-23-19/h13,16H,3-12H2,1-2H3,(H,22,23). The van der Waals surface area contributed by atoms with E-state index in [1.807, 2.05) is 13.8 Å². The Kier molecular flexibility index (Phi) is 4.94. The molecule has 2 aromatic heterocycles. The van der Waals surface area contributed by atoms with Crippen molar-refractivity contribution in [1.29, 1.82) is 0 Å². The van der Waals surface area contributed by atoms with E-state index in [-0.39, 0.29) is 5.56 Å². The molecular formula is C20H29N5O. The van der Waals surface area contributed by atoms with E-state index >= 15 is 0 Å². The molecule has 0 bridgehead atoms. The molecule has 1 aliphatic heterocycles. The lowest BCUT2D eigenvalue weighted by Crippen LogP contribution is -2.36. The van der Waals surface area contributed by atoms with Crippen molar-refractivity contribution in [2.75, 3.05) is 13.1 Å². The van der Waals surface area contributed by atoms with Crippen LogP contribution in [0.25, 0.3) is 0 Å². The van der Waals surface area contributed by atoms with Gasteiger partial charge in [0.1, 0.15) is 0 Å². The summed E-state index contributed by atoms with van der Waals surface area (Å²) in [6.07, 6.45) is 8.89. The maximum atomic E-state index is 12.4. The molecule has 0 saturated carbocycles. The molecule has 0 amide bonds. The average Bonchev–Trinajstić information content (AvgIpc) is 3.07. The third-order valence-corrected chi connectivity index (χ3v) is 6.19. The Morgan fingerprint density at radius 1 is 1.19 bits per heavy atom. The fraction of sp³-hybridized carbons (Fsp3) is 0.650. The van der Waals surface area contributed by atoms with Crippen LogP contribution in [0.3, 0.4) is 0 Å². The normalized spacial score (nSPS) is 18.8. The van der Waals surface area contributed by atoms with Crippen LogP contribution in [0.15, 0.2) is 11.1 Å². The molecule has 140 valence electrons. The summed E-state index contributed by atoms with van der Waals surface area (Å²) in [6, 6.07) is 0. The largest absolute Gasteiger partial charge is 0.299 e. The zero-order valence-corrected chi connectivity index (χ0v) is 15.9. The van der Waals surface area contributed by atoms with Gasteiger partial charge in [-0.1, -0.05) is 0 Å². The molecule has 4 rings (SSSR count). The first-order valence-corrected chi connectivity index (χ1v) is 9.92. The number of rotatable bonds is 4. The van der Waals surface area contributed by atoms with Crippen LogP contribution in [0.5, 0.6) is 0 Å². The minimum absolute atomic E-state index is 0.114. The molecule has 1 N–H and O–H groups in total. The van der Waals surface area contributed by atoms with Gasteiger partial charge in [-0.25, -0.2) is 4.98 Å². The van der Waals surface area contributed by atoms with Crippen molar-refractivity contribution in [2.24, 2.45) is 5.92 Å².